The lowest BCUT2D eigenvalue weighted by molar-refractivity contribution is 0.306. The van der Waals surface area contributed by atoms with Gasteiger partial charge in [-0.25, -0.2) is 0 Å². The zero-order valence-corrected chi connectivity index (χ0v) is 13.6. The maximum atomic E-state index is 5.73. The van der Waals surface area contributed by atoms with Gasteiger partial charge in [0.05, 0.1) is 12.8 Å². The summed E-state index contributed by atoms with van der Waals surface area (Å²) in [6.45, 7) is 2.21. The molecule has 1 rings (SSSR count). The highest BCUT2D eigenvalue weighted by molar-refractivity contribution is 8.03. The third-order valence-electron chi connectivity index (χ3n) is 3.15. The first-order valence-electron chi connectivity index (χ1n) is 7.13. The maximum absolute atomic E-state index is 5.73. The summed E-state index contributed by atoms with van der Waals surface area (Å²) in [5.41, 5.74) is 8.13. The molecule has 1 aliphatic carbocycles. The van der Waals surface area contributed by atoms with E-state index in [-0.39, 0.29) is 0 Å². The fraction of sp³-hybridized carbons (Fsp3) is 0.500. The lowest BCUT2D eigenvalue weighted by atomic mass is 10.1. The molecule has 0 saturated carbocycles. The molecule has 20 heavy (non-hydrogen) atoms. The lowest BCUT2D eigenvalue weighted by Crippen LogP contribution is -2.11. The summed E-state index contributed by atoms with van der Waals surface area (Å²) in [6, 6.07) is 0. The van der Waals surface area contributed by atoms with Gasteiger partial charge in [-0.15, -0.1) is 11.8 Å². The molecule has 0 radical (unpaired) electrons. The molecule has 0 aliphatic heterocycles. The van der Waals surface area contributed by atoms with Gasteiger partial charge in [-0.05, 0) is 43.1 Å². The van der Waals surface area contributed by atoms with Gasteiger partial charge in [-0.3, -0.25) is 0 Å². The van der Waals surface area contributed by atoms with Gasteiger partial charge in [0.1, 0.15) is 5.76 Å². The van der Waals surface area contributed by atoms with Crippen LogP contribution in [0.5, 0.6) is 0 Å². The van der Waals surface area contributed by atoms with Crippen molar-refractivity contribution < 1.29 is 4.74 Å². The molecule has 0 unspecified atom stereocenters. The Morgan fingerprint density at radius 3 is 2.80 bits per heavy atom. The monoisotopic (exact) mass is 294 g/mol. The standard InChI is InChI=1S/C16H26N2OS/c1-4-5-9-15(20-12-17)16(18-2)13-7-6-8-14(19-3)11-10-13/h7-8,10-11,18H,4-6,9,12,17H2,1-3H3/b16-15-. The van der Waals surface area contributed by atoms with Crippen LogP contribution in [0.3, 0.4) is 0 Å². The first-order chi connectivity index (χ1) is 9.76. The van der Waals surface area contributed by atoms with Gasteiger partial charge in [0.15, 0.2) is 0 Å². The average molecular weight is 294 g/mol. The normalized spacial score (nSPS) is 16.0. The number of hydrogen-bond acceptors (Lipinski definition) is 4. The smallest absolute Gasteiger partial charge is 0.115 e. The predicted octanol–water partition coefficient (Wildman–Crippen LogP) is 3.67. The molecule has 3 nitrogen and oxygen atoms in total. The van der Waals surface area contributed by atoms with Crippen LogP contribution in [0.2, 0.25) is 0 Å². The van der Waals surface area contributed by atoms with Gasteiger partial charge in [0.2, 0.25) is 0 Å². The van der Waals surface area contributed by atoms with Crippen LogP contribution in [-0.2, 0) is 4.74 Å². The molecule has 0 heterocycles. The van der Waals surface area contributed by atoms with Crippen LogP contribution in [-0.4, -0.2) is 20.0 Å². The number of nitrogens with two attached hydrogens (primary N) is 1. The topological polar surface area (TPSA) is 47.3 Å². The van der Waals surface area contributed by atoms with Crippen molar-refractivity contribution >= 4 is 11.8 Å². The van der Waals surface area contributed by atoms with Crippen LogP contribution >= 0.6 is 11.8 Å². The highest BCUT2D eigenvalue weighted by Crippen LogP contribution is 2.28. The number of hydrogen-bond donors (Lipinski definition) is 2. The van der Waals surface area contributed by atoms with E-state index in [0.717, 1.165) is 18.6 Å². The Labute approximate surface area is 127 Å². The fourth-order valence-corrected chi connectivity index (χ4v) is 2.95. The quantitative estimate of drug-likeness (QED) is 0.671. The van der Waals surface area contributed by atoms with Gasteiger partial charge >= 0.3 is 0 Å². The van der Waals surface area contributed by atoms with E-state index in [1.165, 1.54) is 29.0 Å². The second-order valence-electron chi connectivity index (χ2n) is 4.50. The molecule has 0 aromatic heterocycles. The molecular formula is C16H26N2OS. The number of nitrogens with one attached hydrogen (secondary N) is 1. The fourth-order valence-electron chi connectivity index (χ4n) is 2.10. The summed E-state index contributed by atoms with van der Waals surface area (Å²) < 4.78 is 5.29. The highest BCUT2D eigenvalue weighted by atomic mass is 32.2. The van der Waals surface area contributed by atoms with Gasteiger partial charge in [-0.1, -0.05) is 19.4 Å². The number of unbranched alkanes of at least 4 members (excludes halogenated alkanes) is 1. The van der Waals surface area contributed by atoms with E-state index < -0.39 is 0 Å². The number of ether oxygens (including phenoxy) is 1. The van der Waals surface area contributed by atoms with E-state index in [2.05, 4.69) is 30.5 Å². The van der Waals surface area contributed by atoms with Gasteiger partial charge < -0.3 is 15.8 Å². The molecule has 0 bridgehead atoms. The third kappa shape index (κ3) is 5.10. The van der Waals surface area contributed by atoms with E-state index in [4.69, 9.17) is 10.5 Å². The summed E-state index contributed by atoms with van der Waals surface area (Å²) >= 11 is 1.73. The van der Waals surface area contributed by atoms with Gasteiger partial charge in [0, 0.05) is 17.8 Å². The molecule has 112 valence electrons. The summed E-state index contributed by atoms with van der Waals surface area (Å²) in [5.74, 6) is 1.52. The molecule has 4 heteroatoms. The molecule has 0 atom stereocenters. The van der Waals surface area contributed by atoms with Crippen LogP contribution in [0.15, 0.2) is 46.2 Å². The summed E-state index contributed by atoms with van der Waals surface area (Å²) in [4.78, 5) is 1.34. The van der Waals surface area contributed by atoms with Gasteiger partial charge in [0.25, 0.3) is 0 Å². The van der Waals surface area contributed by atoms with Crippen LogP contribution in [0.1, 0.15) is 32.6 Å². The predicted molar refractivity (Wildman–Crippen MR) is 89.2 cm³/mol. The Morgan fingerprint density at radius 2 is 2.20 bits per heavy atom. The van der Waals surface area contributed by atoms with Crippen molar-refractivity contribution in [3.8, 4) is 0 Å². The molecule has 3 N–H and O–H groups in total. The third-order valence-corrected chi connectivity index (χ3v) is 4.08. The van der Waals surface area contributed by atoms with Crippen LogP contribution in [0.25, 0.3) is 0 Å². The van der Waals surface area contributed by atoms with Crippen molar-refractivity contribution in [2.24, 2.45) is 5.73 Å². The number of thioether (sulfide) groups is 1. The summed E-state index contributed by atoms with van der Waals surface area (Å²) in [5, 5.41) is 3.35. The summed E-state index contributed by atoms with van der Waals surface area (Å²) in [6.07, 6.45) is 12.8. The largest absolute Gasteiger partial charge is 0.497 e. The first kappa shape index (κ1) is 16.9. The molecule has 0 fully saturated rings. The molecule has 0 saturated heterocycles. The number of allylic oxidation sites excluding steroid dienone is 5. The van der Waals surface area contributed by atoms with Crippen molar-refractivity contribution in [2.45, 2.75) is 32.6 Å². The van der Waals surface area contributed by atoms with E-state index >= 15 is 0 Å². The Hall–Kier alpha value is -1.13. The molecule has 0 spiro atoms. The van der Waals surface area contributed by atoms with Gasteiger partial charge in [-0.2, -0.15) is 0 Å². The highest BCUT2D eigenvalue weighted by Gasteiger charge is 2.10. The van der Waals surface area contributed by atoms with E-state index in [9.17, 15) is 0 Å². The van der Waals surface area contributed by atoms with E-state index in [0.29, 0.717) is 5.88 Å². The zero-order valence-electron chi connectivity index (χ0n) is 12.7. The lowest BCUT2D eigenvalue weighted by Gasteiger charge is -2.15. The number of methoxy groups -OCH3 is 1. The summed E-state index contributed by atoms with van der Waals surface area (Å²) in [7, 11) is 3.68. The first-order valence-corrected chi connectivity index (χ1v) is 8.11. The number of likely N-dealkylation sites (N-methyl/N-ethyl adjacent to an activating group) is 1. The van der Waals surface area contributed by atoms with Crippen molar-refractivity contribution in [3.63, 3.8) is 0 Å². The molecule has 0 aromatic carbocycles. The van der Waals surface area contributed by atoms with E-state index in [1.54, 1.807) is 18.9 Å². The molecule has 0 aromatic rings. The molecule has 1 aliphatic rings. The molecular weight excluding hydrogens is 268 g/mol. The van der Waals surface area contributed by atoms with E-state index in [1.807, 2.05) is 13.1 Å². The maximum Gasteiger partial charge on any atom is 0.115 e. The minimum absolute atomic E-state index is 0.614. The Bertz CT molecular complexity index is 422. The van der Waals surface area contributed by atoms with Crippen molar-refractivity contribution in [1.29, 1.82) is 0 Å². The Balaban J connectivity index is 2.99. The second-order valence-corrected chi connectivity index (χ2v) is 5.62. The zero-order chi connectivity index (χ0) is 14.8. The SMILES string of the molecule is CCCC/C(SCN)=C(/NC)C1=CCC=C(OC)C=C1. The van der Waals surface area contributed by atoms with Crippen molar-refractivity contribution in [3.05, 3.63) is 46.2 Å². The Kier molecular flexibility index (Phi) is 8.23. The molecule has 0 amide bonds. The van der Waals surface area contributed by atoms with Crippen molar-refractivity contribution in [2.75, 3.05) is 20.0 Å². The minimum Gasteiger partial charge on any atom is -0.497 e. The van der Waals surface area contributed by atoms with Crippen LogP contribution < -0.4 is 11.1 Å². The number of rotatable bonds is 8. The Morgan fingerprint density at radius 1 is 1.40 bits per heavy atom. The van der Waals surface area contributed by atoms with Crippen molar-refractivity contribution in [1.82, 2.24) is 5.32 Å². The average Bonchev–Trinajstić information content (AvgIpc) is 2.71. The van der Waals surface area contributed by atoms with Crippen LogP contribution in [0.4, 0.5) is 0 Å². The second kappa shape index (κ2) is 9.72. The van der Waals surface area contributed by atoms with Crippen LogP contribution in [0, 0.1) is 0 Å². The minimum atomic E-state index is 0.614.